The zero-order chi connectivity index (χ0) is 17.2. The molecular formula is C16H11ClF3N3O. The Morgan fingerprint density at radius 3 is 2.50 bits per heavy atom. The third kappa shape index (κ3) is 3.68. The second-order valence-corrected chi connectivity index (χ2v) is 5.30. The van der Waals surface area contributed by atoms with E-state index < -0.39 is 11.7 Å². The molecule has 8 heteroatoms. The summed E-state index contributed by atoms with van der Waals surface area (Å²) in [5.74, 6) is 1.09. The zero-order valence-electron chi connectivity index (χ0n) is 12.1. The first-order chi connectivity index (χ1) is 11.4. The van der Waals surface area contributed by atoms with Gasteiger partial charge in [-0.2, -0.15) is 13.2 Å². The van der Waals surface area contributed by atoms with Crippen LogP contribution in [0.25, 0.3) is 11.3 Å². The Morgan fingerprint density at radius 2 is 1.83 bits per heavy atom. The lowest BCUT2D eigenvalue weighted by Crippen LogP contribution is -2.08. The van der Waals surface area contributed by atoms with Gasteiger partial charge in [0.05, 0.1) is 23.3 Å². The van der Waals surface area contributed by atoms with E-state index in [0.29, 0.717) is 11.7 Å². The number of anilines is 1. The van der Waals surface area contributed by atoms with Gasteiger partial charge in [-0.05, 0) is 6.07 Å². The highest BCUT2D eigenvalue weighted by Crippen LogP contribution is 2.32. The molecule has 0 amide bonds. The first-order valence-corrected chi connectivity index (χ1v) is 7.28. The van der Waals surface area contributed by atoms with Crippen LogP contribution < -0.4 is 5.32 Å². The van der Waals surface area contributed by atoms with Gasteiger partial charge in [-0.3, -0.25) is 0 Å². The maximum absolute atomic E-state index is 12.6. The Kier molecular flexibility index (Phi) is 4.44. The third-order valence-electron chi connectivity index (χ3n) is 3.19. The molecule has 2 aromatic heterocycles. The van der Waals surface area contributed by atoms with Gasteiger partial charge in [-0.1, -0.05) is 41.9 Å². The van der Waals surface area contributed by atoms with Gasteiger partial charge in [0, 0.05) is 11.8 Å². The number of benzene rings is 1. The number of hydrogen-bond acceptors (Lipinski definition) is 4. The number of pyridine rings is 1. The molecule has 3 aromatic rings. The molecule has 0 aliphatic heterocycles. The maximum Gasteiger partial charge on any atom is 0.417 e. The van der Waals surface area contributed by atoms with E-state index in [1.807, 2.05) is 30.3 Å². The first kappa shape index (κ1) is 16.3. The smallest absolute Gasteiger partial charge is 0.417 e. The molecule has 24 heavy (non-hydrogen) atoms. The van der Waals surface area contributed by atoms with Crippen molar-refractivity contribution in [3.8, 4) is 11.3 Å². The minimum Gasteiger partial charge on any atom is -0.439 e. The zero-order valence-corrected chi connectivity index (χ0v) is 12.9. The summed E-state index contributed by atoms with van der Waals surface area (Å²) in [7, 11) is 0. The fraction of sp³-hybridized carbons (Fsp3) is 0.125. The molecule has 0 unspecified atom stereocenters. The first-order valence-electron chi connectivity index (χ1n) is 6.90. The van der Waals surface area contributed by atoms with Gasteiger partial charge >= 0.3 is 6.18 Å². The molecule has 4 nitrogen and oxygen atoms in total. The maximum atomic E-state index is 12.6. The highest BCUT2D eigenvalue weighted by molar-refractivity contribution is 6.32. The van der Waals surface area contributed by atoms with E-state index in [2.05, 4.69) is 15.3 Å². The Labute approximate surface area is 140 Å². The third-order valence-corrected chi connectivity index (χ3v) is 3.48. The molecule has 3 rings (SSSR count). The summed E-state index contributed by atoms with van der Waals surface area (Å²) >= 11 is 5.83. The molecule has 0 radical (unpaired) electrons. The van der Waals surface area contributed by atoms with Crippen molar-refractivity contribution in [2.24, 2.45) is 0 Å². The minimum atomic E-state index is -4.48. The number of oxazole rings is 1. The van der Waals surface area contributed by atoms with Gasteiger partial charge in [-0.25, -0.2) is 9.97 Å². The second-order valence-electron chi connectivity index (χ2n) is 4.89. The second kappa shape index (κ2) is 6.52. The lowest BCUT2D eigenvalue weighted by molar-refractivity contribution is -0.137. The Morgan fingerprint density at radius 1 is 1.08 bits per heavy atom. The van der Waals surface area contributed by atoms with Crippen molar-refractivity contribution < 1.29 is 17.6 Å². The standard InChI is InChI=1S/C16H11ClF3N3O/c17-12-6-11(16(18,19)20)7-22-15(12)23-9-14-21-8-13(24-14)10-4-2-1-3-5-10/h1-8H,9H2,(H,22,23). The van der Waals surface area contributed by atoms with Crippen molar-refractivity contribution in [3.05, 3.63) is 65.3 Å². The molecule has 0 saturated heterocycles. The molecule has 0 spiro atoms. The number of nitrogens with one attached hydrogen (secondary N) is 1. The predicted molar refractivity (Wildman–Crippen MR) is 83.5 cm³/mol. The monoisotopic (exact) mass is 353 g/mol. The molecule has 0 aliphatic carbocycles. The van der Waals surface area contributed by atoms with Gasteiger partial charge in [0.25, 0.3) is 0 Å². The van der Waals surface area contributed by atoms with Gasteiger partial charge in [0.15, 0.2) is 5.76 Å². The van der Waals surface area contributed by atoms with E-state index in [4.69, 9.17) is 16.0 Å². The normalized spacial score (nSPS) is 11.5. The van der Waals surface area contributed by atoms with Crippen LogP contribution in [0.15, 0.2) is 53.2 Å². The minimum absolute atomic E-state index is 0.125. The average molecular weight is 354 g/mol. The van der Waals surface area contributed by atoms with Crippen molar-refractivity contribution in [2.75, 3.05) is 5.32 Å². The predicted octanol–water partition coefficient (Wildman–Crippen LogP) is 5.02. The van der Waals surface area contributed by atoms with E-state index in [1.165, 1.54) is 0 Å². The molecule has 0 atom stereocenters. The Balaban J connectivity index is 1.69. The fourth-order valence-corrected chi connectivity index (χ4v) is 2.24. The molecule has 0 saturated carbocycles. The largest absolute Gasteiger partial charge is 0.439 e. The van der Waals surface area contributed by atoms with Crippen molar-refractivity contribution in [2.45, 2.75) is 12.7 Å². The van der Waals surface area contributed by atoms with Crippen molar-refractivity contribution in [3.63, 3.8) is 0 Å². The van der Waals surface area contributed by atoms with Crippen LogP contribution in [0.5, 0.6) is 0 Å². The van der Waals surface area contributed by atoms with Crippen molar-refractivity contribution >= 4 is 17.4 Å². The van der Waals surface area contributed by atoms with Crippen LogP contribution in [-0.4, -0.2) is 9.97 Å². The van der Waals surface area contributed by atoms with Gasteiger partial charge < -0.3 is 9.73 Å². The summed E-state index contributed by atoms with van der Waals surface area (Å²) in [6.45, 7) is 0.144. The number of alkyl halides is 3. The van der Waals surface area contributed by atoms with Gasteiger partial charge in [-0.15, -0.1) is 0 Å². The van der Waals surface area contributed by atoms with Gasteiger partial charge in [0.1, 0.15) is 5.82 Å². The molecule has 1 aromatic carbocycles. The van der Waals surface area contributed by atoms with E-state index in [9.17, 15) is 13.2 Å². The molecule has 0 aliphatic rings. The summed E-state index contributed by atoms with van der Waals surface area (Å²) in [6.07, 6.45) is -2.18. The topological polar surface area (TPSA) is 51.0 Å². The summed E-state index contributed by atoms with van der Waals surface area (Å²) in [5, 5.41) is 2.68. The molecular weight excluding hydrogens is 343 g/mol. The van der Waals surface area contributed by atoms with Crippen molar-refractivity contribution in [1.82, 2.24) is 9.97 Å². The number of hydrogen-bond donors (Lipinski definition) is 1. The summed E-state index contributed by atoms with van der Waals surface area (Å²) < 4.78 is 43.3. The number of halogens is 4. The van der Waals surface area contributed by atoms with Crippen LogP contribution in [-0.2, 0) is 12.7 Å². The fourth-order valence-electron chi connectivity index (χ4n) is 2.01. The summed E-state index contributed by atoms with van der Waals surface area (Å²) in [5.41, 5.74) is -0.0255. The van der Waals surface area contributed by atoms with E-state index >= 15 is 0 Å². The highest BCUT2D eigenvalue weighted by Gasteiger charge is 2.31. The lowest BCUT2D eigenvalue weighted by atomic mass is 10.2. The number of aromatic nitrogens is 2. The Bertz CT molecular complexity index is 834. The Hall–Kier alpha value is -2.54. The number of rotatable bonds is 4. The van der Waals surface area contributed by atoms with Crippen LogP contribution in [0, 0.1) is 0 Å². The van der Waals surface area contributed by atoms with E-state index in [1.54, 1.807) is 6.20 Å². The van der Waals surface area contributed by atoms with Crippen LogP contribution in [0.2, 0.25) is 5.02 Å². The van der Waals surface area contributed by atoms with Crippen LogP contribution >= 0.6 is 11.6 Å². The SMILES string of the molecule is FC(F)(F)c1cnc(NCc2ncc(-c3ccccc3)o2)c(Cl)c1. The molecule has 0 fully saturated rings. The average Bonchev–Trinajstić information content (AvgIpc) is 3.02. The quantitative estimate of drug-likeness (QED) is 0.715. The molecule has 0 bridgehead atoms. The van der Waals surface area contributed by atoms with Gasteiger partial charge in [0.2, 0.25) is 5.89 Å². The van der Waals surface area contributed by atoms with Crippen molar-refractivity contribution in [1.29, 1.82) is 0 Å². The number of nitrogens with zero attached hydrogens (tertiary/aromatic N) is 2. The van der Waals surface area contributed by atoms with E-state index in [-0.39, 0.29) is 17.4 Å². The van der Waals surface area contributed by atoms with Crippen LogP contribution in [0.1, 0.15) is 11.5 Å². The van der Waals surface area contributed by atoms with E-state index in [0.717, 1.165) is 17.8 Å². The highest BCUT2D eigenvalue weighted by atomic mass is 35.5. The summed E-state index contributed by atoms with van der Waals surface area (Å²) in [6, 6.07) is 10.2. The molecule has 124 valence electrons. The van der Waals surface area contributed by atoms with Crippen LogP contribution in [0.4, 0.5) is 19.0 Å². The molecule has 1 N–H and O–H groups in total. The van der Waals surface area contributed by atoms with Crippen LogP contribution in [0.3, 0.4) is 0 Å². The summed E-state index contributed by atoms with van der Waals surface area (Å²) in [4.78, 5) is 7.81. The lowest BCUT2D eigenvalue weighted by Gasteiger charge is -2.09. The molecule has 2 heterocycles.